The smallest absolute Gasteiger partial charge is 0.178 e. The number of H-pyrrole nitrogens is 1. The molecule has 1 N–H and O–H groups in total. The second-order valence-electron chi connectivity index (χ2n) is 4.76. The summed E-state index contributed by atoms with van der Waals surface area (Å²) >= 11 is 5.27. The highest BCUT2D eigenvalue weighted by molar-refractivity contribution is 7.90. The Bertz CT molecular complexity index is 741. The Balaban J connectivity index is 2.59. The lowest BCUT2D eigenvalue weighted by Gasteiger charge is -2.13. The summed E-state index contributed by atoms with van der Waals surface area (Å²) in [5.41, 5.74) is 3.01. The van der Waals surface area contributed by atoms with Gasteiger partial charge in [-0.15, -0.1) is 0 Å². The van der Waals surface area contributed by atoms with Crippen molar-refractivity contribution in [2.75, 3.05) is 12.0 Å². The zero-order valence-corrected chi connectivity index (χ0v) is 12.2. The molecule has 0 aliphatic rings. The van der Waals surface area contributed by atoms with Crippen molar-refractivity contribution < 1.29 is 8.42 Å². The normalized spacial score (nSPS) is 13.9. The van der Waals surface area contributed by atoms with Crippen LogP contribution in [0.25, 0.3) is 11.0 Å². The Morgan fingerprint density at radius 2 is 2.11 bits per heavy atom. The highest BCUT2D eigenvalue weighted by Gasteiger charge is 2.16. The largest absolute Gasteiger partial charge is 0.331 e. The summed E-state index contributed by atoms with van der Waals surface area (Å²) in [5, 5.41) is 0. The van der Waals surface area contributed by atoms with Gasteiger partial charge in [0.25, 0.3) is 0 Å². The number of benzene rings is 1. The van der Waals surface area contributed by atoms with Crippen LogP contribution in [0.3, 0.4) is 0 Å². The van der Waals surface area contributed by atoms with Crippen LogP contribution in [0.1, 0.15) is 18.5 Å². The van der Waals surface area contributed by atoms with E-state index in [0.29, 0.717) is 4.77 Å². The number of sulfone groups is 1. The van der Waals surface area contributed by atoms with E-state index in [1.807, 2.05) is 36.6 Å². The molecule has 1 aromatic carbocycles. The van der Waals surface area contributed by atoms with Gasteiger partial charge in [-0.05, 0) is 43.8 Å². The molecular weight excluding hydrogens is 268 g/mol. The lowest BCUT2D eigenvalue weighted by Crippen LogP contribution is -2.16. The zero-order valence-electron chi connectivity index (χ0n) is 10.6. The van der Waals surface area contributed by atoms with Crippen molar-refractivity contribution in [1.82, 2.24) is 9.55 Å². The van der Waals surface area contributed by atoms with Crippen molar-refractivity contribution in [1.29, 1.82) is 0 Å². The summed E-state index contributed by atoms with van der Waals surface area (Å²) < 4.78 is 25.2. The van der Waals surface area contributed by atoms with Gasteiger partial charge < -0.3 is 9.55 Å². The number of imidazole rings is 1. The molecule has 0 saturated heterocycles. The Morgan fingerprint density at radius 1 is 1.44 bits per heavy atom. The second kappa shape index (κ2) is 4.51. The molecule has 1 heterocycles. The number of aromatic nitrogens is 2. The number of fused-ring (bicyclic) bond motifs is 1. The van der Waals surface area contributed by atoms with Gasteiger partial charge >= 0.3 is 0 Å². The van der Waals surface area contributed by atoms with Gasteiger partial charge in [-0.25, -0.2) is 8.42 Å². The molecule has 0 saturated carbocycles. The summed E-state index contributed by atoms with van der Waals surface area (Å²) in [7, 11) is -3.03. The van der Waals surface area contributed by atoms with Gasteiger partial charge in [0.1, 0.15) is 9.84 Å². The van der Waals surface area contributed by atoms with Gasteiger partial charge in [-0.1, -0.05) is 6.07 Å². The molecule has 0 radical (unpaired) electrons. The van der Waals surface area contributed by atoms with Gasteiger partial charge in [0, 0.05) is 12.3 Å². The maximum atomic E-state index is 11.4. The summed E-state index contributed by atoms with van der Waals surface area (Å²) in [4.78, 5) is 3.10. The minimum Gasteiger partial charge on any atom is -0.331 e. The molecule has 1 atom stereocenters. The third-order valence-electron chi connectivity index (χ3n) is 2.86. The molecule has 1 unspecified atom stereocenters. The summed E-state index contributed by atoms with van der Waals surface area (Å²) in [6, 6.07) is 5.80. The van der Waals surface area contributed by atoms with Crippen LogP contribution in [0.15, 0.2) is 18.2 Å². The standard InChI is InChI=1S/C12H16N2O2S2/c1-8-4-5-10-11(6-8)14(12(17)13-10)9(2)7-18(3,15)16/h4-6,9H,7H2,1-3H3,(H,13,17). The van der Waals surface area contributed by atoms with E-state index < -0.39 is 9.84 Å². The Morgan fingerprint density at radius 3 is 2.72 bits per heavy atom. The number of aromatic amines is 1. The molecule has 0 bridgehead atoms. The number of hydrogen-bond donors (Lipinski definition) is 1. The minimum absolute atomic E-state index is 0.0855. The van der Waals surface area contributed by atoms with Crippen molar-refractivity contribution in [2.45, 2.75) is 19.9 Å². The molecule has 1 aromatic heterocycles. The molecule has 2 rings (SSSR count). The molecule has 0 aliphatic carbocycles. The number of nitrogens with zero attached hydrogens (tertiary/aromatic N) is 1. The SMILES string of the molecule is Cc1ccc2[nH]c(=S)n(C(C)CS(C)(=O)=O)c2c1. The molecule has 0 spiro atoms. The fourth-order valence-electron chi connectivity index (χ4n) is 2.18. The molecular formula is C12H16N2O2S2. The van der Waals surface area contributed by atoms with Crippen molar-refractivity contribution in [2.24, 2.45) is 0 Å². The van der Waals surface area contributed by atoms with Crippen LogP contribution < -0.4 is 0 Å². The number of hydrogen-bond acceptors (Lipinski definition) is 3. The average Bonchev–Trinajstić information content (AvgIpc) is 2.50. The van der Waals surface area contributed by atoms with Crippen molar-refractivity contribution in [3.63, 3.8) is 0 Å². The van der Waals surface area contributed by atoms with Crippen LogP contribution in [-0.2, 0) is 9.84 Å². The molecule has 6 heteroatoms. The van der Waals surface area contributed by atoms with Crippen LogP contribution in [0.2, 0.25) is 0 Å². The predicted octanol–water partition coefficient (Wildman–Crippen LogP) is 2.61. The van der Waals surface area contributed by atoms with Gasteiger partial charge in [0.15, 0.2) is 4.77 Å². The first-order valence-electron chi connectivity index (χ1n) is 5.66. The van der Waals surface area contributed by atoms with Crippen molar-refractivity contribution in [3.05, 3.63) is 28.5 Å². The molecule has 0 fully saturated rings. The predicted molar refractivity (Wildman–Crippen MR) is 76.3 cm³/mol. The maximum Gasteiger partial charge on any atom is 0.178 e. The van der Waals surface area contributed by atoms with E-state index in [4.69, 9.17) is 12.2 Å². The fraction of sp³-hybridized carbons (Fsp3) is 0.417. The topological polar surface area (TPSA) is 54.9 Å². The van der Waals surface area contributed by atoms with Crippen LogP contribution in [0.4, 0.5) is 0 Å². The van der Waals surface area contributed by atoms with E-state index in [9.17, 15) is 8.42 Å². The van der Waals surface area contributed by atoms with Crippen LogP contribution in [-0.4, -0.2) is 30.0 Å². The van der Waals surface area contributed by atoms with E-state index in [1.54, 1.807) is 0 Å². The fourth-order valence-corrected chi connectivity index (χ4v) is 3.60. The third kappa shape index (κ3) is 2.64. The molecule has 98 valence electrons. The van der Waals surface area contributed by atoms with Crippen molar-refractivity contribution in [3.8, 4) is 0 Å². The lowest BCUT2D eigenvalue weighted by molar-refractivity contribution is 0.566. The molecule has 0 amide bonds. The third-order valence-corrected chi connectivity index (χ3v) is 4.24. The van der Waals surface area contributed by atoms with Crippen LogP contribution in [0.5, 0.6) is 0 Å². The summed E-state index contributed by atoms with van der Waals surface area (Å²) in [6.07, 6.45) is 1.24. The molecule has 4 nitrogen and oxygen atoms in total. The van der Waals surface area contributed by atoms with E-state index in [1.165, 1.54) is 6.26 Å². The zero-order chi connectivity index (χ0) is 13.5. The van der Waals surface area contributed by atoms with Gasteiger partial charge in [0.05, 0.1) is 16.8 Å². The Hall–Kier alpha value is -1.14. The lowest BCUT2D eigenvalue weighted by atomic mass is 10.2. The van der Waals surface area contributed by atoms with Crippen LogP contribution in [0, 0.1) is 11.7 Å². The number of rotatable bonds is 3. The quantitative estimate of drug-likeness (QED) is 0.882. The average molecular weight is 284 g/mol. The molecule has 2 aromatic rings. The highest BCUT2D eigenvalue weighted by Crippen LogP contribution is 2.21. The molecule has 0 aliphatic heterocycles. The highest BCUT2D eigenvalue weighted by atomic mass is 32.2. The van der Waals surface area contributed by atoms with E-state index in [-0.39, 0.29) is 11.8 Å². The van der Waals surface area contributed by atoms with Crippen molar-refractivity contribution >= 4 is 33.1 Å². The second-order valence-corrected chi connectivity index (χ2v) is 7.33. The Kier molecular flexibility index (Phi) is 3.33. The first-order chi connectivity index (χ1) is 8.28. The van der Waals surface area contributed by atoms with Crippen LogP contribution >= 0.6 is 12.2 Å². The monoisotopic (exact) mass is 284 g/mol. The van der Waals surface area contributed by atoms with Gasteiger partial charge in [0.2, 0.25) is 0 Å². The first kappa shape index (κ1) is 13.3. The van der Waals surface area contributed by atoms with E-state index in [2.05, 4.69) is 4.98 Å². The maximum absolute atomic E-state index is 11.4. The van der Waals surface area contributed by atoms with E-state index >= 15 is 0 Å². The summed E-state index contributed by atoms with van der Waals surface area (Å²) in [6.45, 7) is 3.87. The van der Waals surface area contributed by atoms with E-state index in [0.717, 1.165) is 16.6 Å². The first-order valence-corrected chi connectivity index (χ1v) is 8.13. The Labute approximate surface area is 112 Å². The number of aryl methyl sites for hydroxylation is 1. The molecule has 18 heavy (non-hydrogen) atoms. The number of nitrogens with one attached hydrogen (secondary N) is 1. The minimum atomic E-state index is -3.03. The van der Waals surface area contributed by atoms with Gasteiger partial charge in [-0.2, -0.15) is 0 Å². The summed E-state index contributed by atoms with van der Waals surface area (Å²) in [5.74, 6) is 0.0855. The van der Waals surface area contributed by atoms with Gasteiger partial charge in [-0.3, -0.25) is 0 Å².